The van der Waals surface area contributed by atoms with Gasteiger partial charge in [0.05, 0.1) is 11.9 Å². The van der Waals surface area contributed by atoms with Crippen LogP contribution in [-0.2, 0) is 0 Å². The minimum atomic E-state index is 0.733. The van der Waals surface area contributed by atoms with Crippen molar-refractivity contribution in [3.8, 4) is 0 Å². The number of aromatic nitrogens is 1. The number of hydrogen-bond acceptors (Lipinski definition) is 3. The average molecular weight is 271 g/mol. The maximum atomic E-state index is 5.66. The van der Waals surface area contributed by atoms with Crippen LogP contribution >= 0.6 is 0 Å². The first-order chi connectivity index (χ1) is 9.78. The van der Waals surface area contributed by atoms with E-state index in [1.54, 1.807) is 12.6 Å². The Labute approximate surface area is 121 Å². The molecule has 0 aliphatic heterocycles. The molecule has 0 atom stereocenters. The highest BCUT2D eigenvalue weighted by Crippen LogP contribution is 2.57. The third-order valence-corrected chi connectivity index (χ3v) is 5.99. The topological polar surface area (TPSA) is 50.9 Å². The molecule has 108 valence electrons. The van der Waals surface area contributed by atoms with Gasteiger partial charge in [-0.15, -0.1) is 0 Å². The van der Waals surface area contributed by atoms with Crippen LogP contribution in [0.15, 0.2) is 18.3 Å². The van der Waals surface area contributed by atoms with Gasteiger partial charge >= 0.3 is 0 Å². The highest BCUT2D eigenvalue weighted by Gasteiger charge is 2.47. The number of pyridine rings is 1. The van der Waals surface area contributed by atoms with Gasteiger partial charge in [-0.1, -0.05) is 0 Å². The fourth-order valence-electron chi connectivity index (χ4n) is 5.39. The Kier molecular flexibility index (Phi) is 3.08. The molecule has 0 radical (unpaired) electrons. The summed E-state index contributed by atoms with van der Waals surface area (Å²) in [6, 6.07) is 3.89. The Bertz CT molecular complexity index is 440. The molecule has 4 aliphatic rings. The predicted octanol–water partition coefficient (Wildman–Crippen LogP) is 3.54. The van der Waals surface area contributed by atoms with E-state index in [1.807, 2.05) is 12.1 Å². The maximum absolute atomic E-state index is 5.66. The van der Waals surface area contributed by atoms with Gasteiger partial charge in [-0.2, -0.15) is 0 Å². The first kappa shape index (κ1) is 12.5. The lowest BCUT2D eigenvalue weighted by atomic mass is 9.51. The summed E-state index contributed by atoms with van der Waals surface area (Å²) in [7, 11) is 0. The molecule has 4 aliphatic carbocycles. The van der Waals surface area contributed by atoms with Gasteiger partial charge in [-0.3, -0.25) is 0 Å². The average Bonchev–Trinajstić information content (AvgIpc) is 2.43. The van der Waals surface area contributed by atoms with Crippen molar-refractivity contribution >= 4 is 11.5 Å². The van der Waals surface area contributed by atoms with Gasteiger partial charge in [0.2, 0.25) is 0 Å². The van der Waals surface area contributed by atoms with E-state index in [2.05, 4.69) is 10.3 Å². The second-order valence-corrected chi connectivity index (χ2v) is 7.29. The van der Waals surface area contributed by atoms with Crippen molar-refractivity contribution < 1.29 is 0 Å². The molecule has 0 amide bonds. The Morgan fingerprint density at radius 2 is 1.75 bits per heavy atom. The molecule has 20 heavy (non-hydrogen) atoms. The molecular weight excluding hydrogens is 246 g/mol. The number of rotatable bonds is 4. The molecule has 4 saturated carbocycles. The van der Waals surface area contributed by atoms with Crippen LogP contribution in [0.1, 0.15) is 38.5 Å². The second kappa shape index (κ2) is 4.94. The first-order valence-corrected chi connectivity index (χ1v) is 8.23. The number of nitrogen functional groups attached to an aromatic ring is 1. The van der Waals surface area contributed by atoms with Crippen molar-refractivity contribution in [2.24, 2.45) is 29.6 Å². The van der Waals surface area contributed by atoms with Crippen LogP contribution in [0, 0.1) is 29.6 Å². The maximum Gasteiger partial charge on any atom is 0.126 e. The molecule has 0 unspecified atom stereocenters. The summed E-state index contributed by atoms with van der Waals surface area (Å²) >= 11 is 0. The van der Waals surface area contributed by atoms with Crippen LogP contribution in [0.2, 0.25) is 0 Å². The smallest absolute Gasteiger partial charge is 0.126 e. The van der Waals surface area contributed by atoms with Crippen LogP contribution in [0.5, 0.6) is 0 Å². The third kappa shape index (κ3) is 2.27. The Balaban J connectivity index is 1.32. The van der Waals surface area contributed by atoms with Crippen LogP contribution in [-0.4, -0.2) is 11.5 Å². The van der Waals surface area contributed by atoms with E-state index in [0.29, 0.717) is 0 Å². The van der Waals surface area contributed by atoms with Crippen molar-refractivity contribution in [1.82, 2.24) is 4.98 Å². The molecule has 3 nitrogen and oxygen atoms in total. The van der Waals surface area contributed by atoms with E-state index in [9.17, 15) is 0 Å². The molecular formula is C17H25N3. The molecule has 0 aromatic carbocycles. The zero-order chi connectivity index (χ0) is 13.5. The normalized spacial score (nSPS) is 38.1. The standard InChI is InChI=1S/C17H25N3/c18-15-1-2-17(20-10-15)19-4-3-16-13-6-11-5-12(8-13)9-14(16)7-11/h1-2,10-14,16H,3-9,18H2,(H,19,20). The highest BCUT2D eigenvalue weighted by atomic mass is 15.0. The summed E-state index contributed by atoms with van der Waals surface area (Å²) in [5, 5.41) is 3.46. The summed E-state index contributed by atoms with van der Waals surface area (Å²) < 4.78 is 0. The number of nitrogens with two attached hydrogens (primary N) is 1. The van der Waals surface area contributed by atoms with Crippen molar-refractivity contribution in [2.75, 3.05) is 17.6 Å². The lowest BCUT2D eigenvalue weighted by molar-refractivity contribution is -0.0381. The van der Waals surface area contributed by atoms with E-state index < -0.39 is 0 Å². The second-order valence-electron chi connectivity index (χ2n) is 7.29. The zero-order valence-corrected chi connectivity index (χ0v) is 12.1. The van der Waals surface area contributed by atoms with Crippen molar-refractivity contribution in [2.45, 2.75) is 38.5 Å². The van der Waals surface area contributed by atoms with Crippen molar-refractivity contribution in [3.63, 3.8) is 0 Å². The molecule has 1 aromatic heterocycles. The van der Waals surface area contributed by atoms with E-state index >= 15 is 0 Å². The SMILES string of the molecule is Nc1ccc(NCCC2C3CC4CC(C3)CC2C4)nc1. The van der Waals surface area contributed by atoms with E-state index in [-0.39, 0.29) is 0 Å². The molecule has 3 N–H and O–H groups in total. The van der Waals surface area contributed by atoms with Gasteiger partial charge < -0.3 is 11.1 Å². The Morgan fingerprint density at radius 3 is 2.35 bits per heavy atom. The quantitative estimate of drug-likeness (QED) is 0.880. The van der Waals surface area contributed by atoms with E-state index in [0.717, 1.165) is 47.6 Å². The monoisotopic (exact) mass is 271 g/mol. The number of hydrogen-bond donors (Lipinski definition) is 2. The van der Waals surface area contributed by atoms with Gasteiger partial charge in [0, 0.05) is 6.54 Å². The fraction of sp³-hybridized carbons (Fsp3) is 0.706. The first-order valence-electron chi connectivity index (χ1n) is 8.23. The molecule has 4 bridgehead atoms. The summed E-state index contributed by atoms with van der Waals surface area (Å²) in [6.45, 7) is 1.06. The molecule has 4 fully saturated rings. The number of anilines is 2. The van der Waals surface area contributed by atoms with Crippen LogP contribution in [0.3, 0.4) is 0 Å². The molecule has 1 heterocycles. The summed E-state index contributed by atoms with van der Waals surface area (Å²) in [5.74, 6) is 6.17. The van der Waals surface area contributed by atoms with Gasteiger partial charge in [-0.25, -0.2) is 4.98 Å². The molecule has 3 heteroatoms. The largest absolute Gasteiger partial charge is 0.397 e. The Hall–Kier alpha value is -1.25. The molecule has 1 aromatic rings. The van der Waals surface area contributed by atoms with E-state index in [4.69, 9.17) is 5.73 Å². The number of nitrogens with zero attached hydrogens (tertiary/aromatic N) is 1. The fourth-order valence-corrected chi connectivity index (χ4v) is 5.39. The van der Waals surface area contributed by atoms with Gasteiger partial charge in [-0.05, 0) is 80.2 Å². The highest BCUT2D eigenvalue weighted by molar-refractivity contribution is 5.43. The number of nitrogens with one attached hydrogen (secondary N) is 1. The lowest BCUT2D eigenvalue weighted by Gasteiger charge is -2.54. The van der Waals surface area contributed by atoms with Gasteiger partial charge in [0.1, 0.15) is 5.82 Å². The van der Waals surface area contributed by atoms with E-state index in [1.165, 1.54) is 32.1 Å². The summed E-state index contributed by atoms with van der Waals surface area (Å²) in [5.41, 5.74) is 6.39. The molecule has 0 saturated heterocycles. The van der Waals surface area contributed by atoms with Crippen molar-refractivity contribution in [3.05, 3.63) is 18.3 Å². The minimum absolute atomic E-state index is 0.733. The summed E-state index contributed by atoms with van der Waals surface area (Å²) in [6.07, 6.45) is 10.7. The van der Waals surface area contributed by atoms with Gasteiger partial charge in [0.25, 0.3) is 0 Å². The summed E-state index contributed by atoms with van der Waals surface area (Å²) in [4.78, 5) is 4.32. The molecule has 5 rings (SSSR count). The third-order valence-electron chi connectivity index (χ3n) is 5.99. The van der Waals surface area contributed by atoms with Gasteiger partial charge in [0.15, 0.2) is 0 Å². The van der Waals surface area contributed by atoms with Crippen LogP contribution in [0.4, 0.5) is 11.5 Å². The van der Waals surface area contributed by atoms with Crippen molar-refractivity contribution in [1.29, 1.82) is 0 Å². The Morgan fingerprint density at radius 1 is 1.05 bits per heavy atom. The minimum Gasteiger partial charge on any atom is -0.397 e. The lowest BCUT2D eigenvalue weighted by Crippen LogP contribution is -2.45. The zero-order valence-electron chi connectivity index (χ0n) is 12.1. The molecule has 0 spiro atoms. The predicted molar refractivity (Wildman–Crippen MR) is 82.3 cm³/mol. The van der Waals surface area contributed by atoms with Crippen LogP contribution in [0.25, 0.3) is 0 Å². The van der Waals surface area contributed by atoms with Crippen LogP contribution < -0.4 is 11.1 Å².